The van der Waals surface area contributed by atoms with E-state index < -0.39 is 43.6 Å². The van der Waals surface area contributed by atoms with Gasteiger partial charge in [-0.2, -0.15) is 10.4 Å². The molecular weight excluding hydrogens is 769 g/mol. The van der Waals surface area contributed by atoms with Crippen LogP contribution < -0.4 is 5.73 Å². The van der Waals surface area contributed by atoms with Crippen molar-refractivity contribution in [1.82, 2.24) is 14.6 Å². The van der Waals surface area contributed by atoms with Crippen molar-refractivity contribution < 1.29 is 37.5 Å². The number of rotatable bonds is 26. The molecule has 13 nitrogen and oxygen atoms in total. The summed E-state index contributed by atoms with van der Waals surface area (Å²) in [5, 5.41) is 14.2. The van der Waals surface area contributed by atoms with Gasteiger partial charge >= 0.3 is 7.82 Å². The van der Waals surface area contributed by atoms with Gasteiger partial charge in [0.25, 0.3) is 0 Å². The Hall–Kier alpha value is -2.63. The molecule has 2 fully saturated rings. The van der Waals surface area contributed by atoms with E-state index in [2.05, 4.69) is 23.1 Å². The Labute approximate surface area is 343 Å². The predicted octanol–water partition coefficient (Wildman–Crippen LogP) is 10.2. The number of aromatic nitrogens is 3. The average Bonchev–Trinajstić information content (AvgIpc) is 3.83. The molecule has 3 N–H and O–H groups in total. The first kappa shape index (κ1) is 45.5. The number of hydrogen-bond donors (Lipinski definition) is 2. The van der Waals surface area contributed by atoms with Gasteiger partial charge in [0.2, 0.25) is 0 Å². The fourth-order valence-corrected chi connectivity index (χ4v) is 8.94. The second-order valence-corrected chi connectivity index (χ2v) is 18.1. The van der Waals surface area contributed by atoms with Crippen molar-refractivity contribution in [2.24, 2.45) is 0 Å². The molecule has 57 heavy (non-hydrogen) atoms. The molecule has 0 bridgehead atoms. The highest BCUT2D eigenvalue weighted by Gasteiger charge is 2.62. The van der Waals surface area contributed by atoms with Gasteiger partial charge in [0.15, 0.2) is 11.6 Å². The van der Waals surface area contributed by atoms with Gasteiger partial charge in [-0.1, -0.05) is 115 Å². The molecule has 0 amide bonds. The molecule has 316 valence electrons. The van der Waals surface area contributed by atoms with Crippen molar-refractivity contribution in [3.8, 4) is 6.07 Å². The van der Waals surface area contributed by atoms with E-state index in [0.717, 1.165) is 24.8 Å². The SMILES string of the molecule is CCCCCCCCCCCCCCCCC[C@H](COP(=O)(O)OC[C@@]1(C)O[C@@H](c2ccc3c(N)ncnn23)[C@@H]2OC(C)(C)O[C@@H]21)OCc1cc(Cl)cc(C#N)c1. The first-order valence-electron chi connectivity index (χ1n) is 20.9. The largest absolute Gasteiger partial charge is 0.472 e. The van der Waals surface area contributed by atoms with Crippen LogP contribution in [0, 0.1) is 11.3 Å². The molecule has 0 spiro atoms. The Morgan fingerprint density at radius 3 is 2.25 bits per heavy atom. The molecule has 2 aliphatic rings. The van der Waals surface area contributed by atoms with Gasteiger partial charge in [-0.25, -0.2) is 14.1 Å². The molecule has 0 radical (unpaired) electrons. The summed E-state index contributed by atoms with van der Waals surface area (Å²) < 4.78 is 51.6. The van der Waals surface area contributed by atoms with Crippen molar-refractivity contribution in [3.05, 3.63) is 58.5 Å². The van der Waals surface area contributed by atoms with Crippen LogP contribution in [0.25, 0.3) is 5.52 Å². The number of benzene rings is 1. The van der Waals surface area contributed by atoms with Gasteiger partial charge in [-0.3, -0.25) is 9.05 Å². The van der Waals surface area contributed by atoms with Gasteiger partial charge in [0.05, 0.1) is 43.3 Å². The Morgan fingerprint density at radius 1 is 0.947 bits per heavy atom. The minimum atomic E-state index is -4.59. The molecule has 2 aromatic heterocycles. The highest BCUT2D eigenvalue weighted by molar-refractivity contribution is 7.47. The number of phosphoric acid groups is 1. The Morgan fingerprint density at radius 2 is 1.60 bits per heavy atom. The number of anilines is 1. The summed E-state index contributed by atoms with van der Waals surface area (Å²) in [6.07, 6.45) is 18.5. The second kappa shape index (κ2) is 21.6. The van der Waals surface area contributed by atoms with Crippen molar-refractivity contribution in [2.45, 2.75) is 173 Å². The summed E-state index contributed by atoms with van der Waals surface area (Å²) in [4.78, 5) is 15.0. The number of nitrogens with zero attached hydrogens (tertiary/aromatic N) is 4. The Bertz CT molecular complexity index is 1810. The van der Waals surface area contributed by atoms with Crippen LogP contribution in [0.1, 0.15) is 153 Å². The zero-order valence-corrected chi connectivity index (χ0v) is 35.9. The van der Waals surface area contributed by atoms with E-state index in [0.29, 0.717) is 34.0 Å². The lowest BCUT2D eigenvalue weighted by molar-refractivity contribution is -0.212. The van der Waals surface area contributed by atoms with Crippen molar-refractivity contribution in [1.29, 1.82) is 5.26 Å². The van der Waals surface area contributed by atoms with Crippen LogP contribution in [-0.2, 0) is 39.2 Å². The summed E-state index contributed by atoms with van der Waals surface area (Å²) in [6, 6.07) is 10.8. The average molecular weight is 832 g/mol. The first-order chi connectivity index (χ1) is 27.3. The molecule has 3 aromatic rings. The summed E-state index contributed by atoms with van der Waals surface area (Å²) in [7, 11) is -4.59. The van der Waals surface area contributed by atoms with Gasteiger partial charge in [-0.05, 0) is 63.1 Å². The summed E-state index contributed by atoms with van der Waals surface area (Å²) >= 11 is 6.23. The van der Waals surface area contributed by atoms with Crippen molar-refractivity contribution >= 4 is 30.8 Å². The third-order valence-electron chi connectivity index (χ3n) is 10.9. The first-order valence-corrected chi connectivity index (χ1v) is 22.7. The minimum absolute atomic E-state index is 0.160. The number of hydrogen-bond acceptors (Lipinski definition) is 11. The number of nitriles is 1. The van der Waals surface area contributed by atoms with Crippen LogP contribution >= 0.6 is 19.4 Å². The monoisotopic (exact) mass is 831 g/mol. The van der Waals surface area contributed by atoms with Crippen LogP contribution in [0.4, 0.5) is 5.82 Å². The molecule has 4 heterocycles. The van der Waals surface area contributed by atoms with Gasteiger partial charge in [-0.15, -0.1) is 0 Å². The highest BCUT2D eigenvalue weighted by atomic mass is 35.5. The second-order valence-electron chi connectivity index (χ2n) is 16.2. The van der Waals surface area contributed by atoms with Crippen LogP contribution in [-0.4, -0.2) is 62.4 Å². The molecule has 2 saturated heterocycles. The van der Waals surface area contributed by atoms with Gasteiger partial charge in [0.1, 0.15) is 35.8 Å². The van der Waals surface area contributed by atoms with Crippen LogP contribution in [0.3, 0.4) is 0 Å². The molecular formula is C42H63ClN5O8P. The van der Waals surface area contributed by atoms with E-state index in [-0.39, 0.29) is 19.8 Å². The smallest absolute Gasteiger partial charge is 0.382 e. The molecule has 1 aromatic carbocycles. The molecule has 6 atom stereocenters. The molecule has 2 aliphatic heterocycles. The number of nitrogens with two attached hydrogens (primary N) is 1. The number of nitrogen functional groups attached to an aromatic ring is 1. The quantitative estimate of drug-likeness (QED) is 0.0580. The maximum atomic E-state index is 13.4. The number of unbranched alkanes of at least 4 members (excludes halogenated alkanes) is 14. The van der Waals surface area contributed by atoms with Crippen LogP contribution in [0.15, 0.2) is 36.7 Å². The lowest BCUT2D eigenvalue weighted by Crippen LogP contribution is -2.44. The summed E-state index contributed by atoms with van der Waals surface area (Å²) in [6.45, 7) is 7.31. The van der Waals surface area contributed by atoms with E-state index in [1.165, 1.54) is 83.4 Å². The summed E-state index contributed by atoms with van der Waals surface area (Å²) in [5.41, 5.74) is 7.33. The van der Waals surface area contributed by atoms with E-state index in [1.54, 1.807) is 35.7 Å². The minimum Gasteiger partial charge on any atom is -0.382 e. The zero-order valence-electron chi connectivity index (χ0n) is 34.2. The van der Waals surface area contributed by atoms with Gasteiger partial charge < -0.3 is 29.6 Å². The maximum absolute atomic E-state index is 13.4. The Kier molecular flexibility index (Phi) is 17.2. The van der Waals surface area contributed by atoms with Crippen LogP contribution in [0.5, 0.6) is 0 Å². The lowest BCUT2D eigenvalue weighted by Gasteiger charge is -2.31. The molecule has 5 rings (SSSR count). The van der Waals surface area contributed by atoms with E-state index in [4.69, 9.17) is 45.3 Å². The molecule has 15 heteroatoms. The number of ether oxygens (including phenoxy) is 4. The number of halogens is 1. The summed E-state index contributed by atoms with van der Waals surface area (Å²) in [5.74, 6) is -0.617. The van der Waals surface area contributed by atoms with E-state index in [1.807, 2.05) is 19.9 Å². The normalized spacial score (nSPS) is 23.1. The lowest BCUT2D eigenvalue weighted by atomic mass is 9.97. The molecule has 0 saturated carbocycles. The fraction of sp³-hybridized carbons (Fsp3) is 0.690. The number of fused-ring (bicyclic) bond motifs is 2. The maximum Gasteiger partial charge on any atom is 0.472 e. The molecule has 0 aliphatic carbocycles. The predicted molar refractivity (Wildman–Crippen MR) is 219 cm³/mol. The van der Waals surface area contributed by atoms with Crippen LogP contribution in [0.2, 0.25) is 5.02 Å². The standard InChI is InChI=1S/C42H63ClN5O8P/c1-5-6-7-8-9-10-11-12-13-14-15-16-17-18-19-20-34(51-27-32-23-31(26-44)24-33(43)25-32)28-52-57(49,50)53-29-42(4)39-38(54-41(2,3)56-39)37(55-42)35-21-22-36-40(45)46-30-47-48(35)36/h21-25,30,34,37-39H,5-20,27-29H2,1-4H3,(H,49,50)(H2,45,46,47)/t34-,37+,38+,39+,42-/m1/s1. The highest BCUT2D eigenvalue weighted by Crippen LogP contribution is 2.52. The zero-order chi connectivity index (χ0) is 40.9. The van der Waals surface area contributed by atoms with Crippen molar-refractivity contribution in [2.75, 3.05) is 18.9 Å². The third-order valence-corrected chi connectivity index (χ3v) is 12.0. The van der Waals surface area contributed by atoms with Gasteiger partial charge in [0, 0.05) is 5.02 Å². The number of phosphoric ester groups is 1. The van der Waals surface area contributed by atoms with E-state index >= 15 is 0 Å². The van der Waals surface area contributed by atoms with E-state index in [9.17, 15) is 14.7 Å². The third kappa shape index (κ3) is 13.4. The topological polar surface area (TPSA) is 173 Å². The fourth-order valence-electron chi connectivity index (χ4n) is 7.84. The molecule has 1 unspecified atom stereocenters. The Balaban J connectivity index is 1.11. The van der Waals surface area contributed by atoms with Crippen molar-refractivity contribution in [3.63, 3.8) is 0 Å².